The van der Waals surface area contributed by atoms with E-state index < -0.39 is 16.1 Å². The van der Waals surface area contributed by atoms with Gasteiger partial charge in [0, 0.05) is 0 Å². The molecule has 23 heavy (non-hydrogen) atoms. The zero-order valence-corrected chi connectivity index (χ0v) is 19.1. The second kappa shape index (κ2) is 6.11. The number of hydrogen-bond donors (Lipinski definition) is 0. The molecule has 3 aromatic rings. The first-order valence-corrected chi connectivity index (χ1v) is 17.6. The average Bonchev–Trinajstić information content (AvgIpc) is 3.16. The van der Waals surface area contributed by atoms with Crippen molar-refractivity contribution in [3.05, 3.63) is 33.7 Å². The molecular weight excluding hydrogens is 369 g/mol. The third-order valence-corrected chi connectivity index (χ3v) is 13.6. The van der Waals surface area contributed by atoms with Crippen LogP contribution in [-0.4, -0.2) is 16.1 Å². The zero-order chi connectivity index (χ0) is 16.8. The van der Waals surface area contributed by atoms with Gasteiger partial charge in [-0.25, -0.2) is 0 Å². The Morgan fingerprint density at radius 2 is 1.04 bits per heavy atom. The SMILES string of the molecule is C[Si](C)(C)c1sc([Si](C)(C)C)c(-c2ccsc2)c1-c1ccsc1. The van der Waals surface area contributed by atoms with Crippen LogP contribution in [0, 0.1) is 0 Å². The Labute approximate surface area is 153 Å². The van der Waals surface area contributed by atoms with Gasteiger partial charge >= 0.3 is 0 Å². The van der Waals surface area contributed by atoms with Crippen molar-refractivity contribution in [1.82, 2.24) is 0 Å². The van der Waals surface area contributed by atoms with Gasteiger partial charge in [0.2, 0.25) is 0 Å². The van der Waals surface area contributed by atoms with Crippen LogP contribution in [0.25, 0.3) is 22.3 Å². The molecule has 3 aromatic heterocycles. The van der Waals surface area contributed by atoms with E-state index in [9.17, 15) is 0 Å². The van der Waals surface area contributed by atoms with Crippen molar-refractivity contribution in [3.8, 4) is 22.3 Å². The van der Waals surface area contributed by atoms with Gasteiger partial charge in [0.15, 0.2) is 0 Å². The highest BCUT2D eigenvalue weighted by atomic mass is 32.1. The Hall–Kier alpha value is -0.466. The molecule has 0 aliphatic carbocycles. The first-order valence-electron chi connectivity index (χ1n) is 7.92. The van der Waals surface area contributed by atoms with E-state index in [2.05, 4.69) is 84.3 Å². The van der Waals surface area contributed by atoms with Crippen molar-refractivity contribution in [3.63, 3.8) is 0 Å². The monoisotopic (exact) mass is 392 g/mol. The molecule has 0 aromatic carbocycles. The fourth-order valence-corrected chi connectivity index (χ4v) is 10.4. The van der Waals surface area contributed by atoms with Gasteiger partial charge in [-0.1, -0.05) is 39.3 Å². The van der Waals surface area contributed by atoms with Crippen LogP contribution in [0.2, 0.25) is 39.3 Å². The molecule has 0 N–H and O–H groups in total. The molecule has 3 heterocycles. The topological polar surface area (TPSA) is 0 Å². The minimum absolute atomic E-state index is 1.39. The highest BCUT2D eigenvalue weighted by molar-refractivity contribution is 7.37. The van der Waals surface area contributed by atoms with Crippen molar-refractivity contribution in [2.75, 3.05) is 0 Å². The molecule has 0 aliphatic heterocycles. The minimum Gasteiger partial charge on any atom is -0.153 e. The number of hydrogen-bond acceptors (Lipinski definition) is 3. The highest BCUT2D eigenvalue weighted by Crippen LogP contribution is 2.37. The molecule has 0 spiro atoms. The summed E-state index contributed by atoms with van der Waals surface area (Å²) in [6, 6.07) is 4.61. The quantitative estimate of drug-likeness (QED) is 0.457. The molecule has 122 valence electrons. The fraction of sp³-hybridized carbons (Fsp3) is 0.333. The summed E-state index contributed by atoms with van der Waals surface area (Å²) in [6.07, 6.45) is 0. The van der Waals surface area contributed by atoms with E-state index in [1.54, 1.807) is 20.1 Å². The summed E-state index contributed by atoms with van der Waals surface area (Å²) < 4.78 is 3.35. The van der Waals surface area contributed by atoms with E-state index in [0.717, 1.165) is 0 Å². The Morgan fingerprint density at radius 1 is 0.652 bits per heavy atom. The maximum atomic E-state index is 2.49. The second-order valence-corrected chi connectivity index (χ2v) is 21.3. The van der Waals surface area contributed by atoms with Crippen molar-refractivity contribution < 1.29 is 0 Å². The summed E-state index contributed by atoms with van der Waals surface area (Å²) in [7, 11) is -2.77. The predicted octanol–water partition coefficient (Wildman–Crippen LogP) is 6.30. The third-order valence-electron chi connectivity index (χ3n) is 3.89. The maximum absolute atomic E-state index is 2.49. The average molecular weight is 393 g/mol. The van der Waals surface area contributed by atoms with Gasteiger partial charge in [-0.2, -0.15) is 34.0 Å². The largest absolute Gasteiger partial charge is 0.153 e. The van der Waals surface area contributed by atoms with Crippen molar-refractivity contribution in [1.29, 1.82) is 0 Å². The lowest BCUT2D eigenvalue weighted by Crippen LogP contribution is -2.38. The van der Waals surface area contributed by atoms with Crippen LogP contribution in [0.15, 0.2) is 33.7 Å². The molecule has 0 amide bonds. The Morgan fingerprint density at radius 3 is 1.30 bits per heavy atom. The second-order valence-electron chi connectivity index (χ2n) is 8.03. The summed E-state index contributed by atoms with van der Waals surface area (Å²) >= 11 is 5.75. The van der Waals surface area contributed by atoms with Gasteiger partial charge in [-0.15, -0.1) is 0 Å². The minimum atomic E-state index is -1.39. The molecule has 0 radical (unpaired) electrons. The Bertz CT molecular complexity index is 716. The highest BCUT2D eigenvalue weighted by Gasteiger charge is 2.33. The molecule has 0 atom stereocenters. The Balaban J connectivity index is 2.41. The van der Waals surface area contributed by atoms with Crippen LogP contribution in [0.5, 0.6) is 0 Å². The van der Waals surface area contributed by atoms with Crippen LogP contribution in [-0.2, 0) is 0 Å². The van der Waals surface area contributed by atoms with Crippen LogP contribution < -0.4 is 9.00 Å². The number of rotatable bonds is 4. The molecular formula is C18H24S3Si2. The van der Waals surface area contributed by atoms with Gasteiger partial charge < -0.3 is 0 Å². The predicted molar refractivity (Wildman–Crippen MR) is 117 cm³/mol. The standard InChI is InChI=1S/C18H24S3Si2/c1-22(2,3)17-15(13-7-9-19-11-13)16(14-8-10-20-12-14)18(21-17)23(4,5)6/h7-12H,1-6H3. The van der Waals surface area contributed by atoms with Gasteiger partial charge in [0.05, 0.1) is 16.1 Å². The van der Waals surface area contributed by atoms with Crippen LogP contribution in [0.1, 0.15) is 0 Å². The molecule has 0 saturated heterocycles. The summed E-state index contributed by atoms with van der Waals surface area (Å²) in [5, 5.41) is 9.09. The normalized spacial score (nSPS) is 12.8. The van der Waals surface area contributed by atoms with E-state index in [-0.39, 0.29) is 0 Å². The molecule has 0 fully saturated rings. The summed E-state index contributed by atoms with van der Waals surface area (Å²) in [6.45, 7) is 14.9. The summed E-state index contributed by atoms with van der Waals surface area (Å²) in [5.74, 6) is 0. The van der Waals surface area contributed by atoms with Crippen molar-refractivity contribution in [2.45, 2.75) is 39.3 Å². The van der Waals surface area contributed by atoms with Crippen LogP contribution >= 0.6 is 34.0 Å². The Kier molecular flexibility index (Phi) is 4.62. The van der Waals surface area contributed by atoms with Gasteiger partial charge in [-0.3, -0.25) is 0 Å². The zero-order valence-electron chi connectivity index (χ0n) is 14.7. The number of thiophene rings is 3. The van der Waals surface area contributed by atoms with E-state index in [1.807, 2.05) is 22.7 Å². The lowest BCUT2D eigenvalue weighted by molar-refractivity contribution is 1.73. The lowest BCUT2D eigenvalue weighted by atomic mass is 10.0. The van der Waals surface area contributed by atoms with Gasteiger partial charge in [0.25, 0.3) is 0 Å². The maximum Gasteiger partial charge on any atom is 0.0912 e. The molecule has 5 heteroatoms. The van der Waals surface area contributed by atoms with Crippen LogP contribution in [0.3, 0.4) is 0 Å². The molecule has 0 saturated carbocycles. The first kappa shape index (κ1) is 17.4. The van der Waals surface area contributed by atoms with E-state index >= 15 is 0 Å². The molecule has 0 nitrogen and oxygen atoms in total. The molecule has 3 rings (SSSR count). The van der Waals surface area contributed by atoms with Crippen molar-refractivity contribution in [2.24, 2.45) is 0 Å². The van der Waals surface area contributed by atoms with Crippen molar-refractivity contribution >= 4 is 59.2 Å². The summed E-state index contributed by atoms with van der Waals surface area (Å²) in [5.41, 5.74) is 5.95. The molecule has 0 aliphatic rings. The third kappa shape index (κ3) is 3.35. The molecule has 0 bridgehead atoms. The van der Waals surface area contributed by atoms with Gasteiger partial charge in [0.1, 0.15) is 0 Å². The van der Waals surface area contributed by atoms with E-state index in [0.29, 0.717) is 0 Å². The van der Waals surface area contributed by atoms with Gasteiger partial charge in [-0.05, 0) is 64.9 Å². The molecule has 0 unspecified atom stereocenters. The summed E-state index contributed by atoms with van der Waals surface area (Å²) in [4.78, 5) is 0. The van der Waals surface area contributed by atoms with E-state index in [1.165, 1.54) is 11.1 Å². The smallest absolute Gasteiger partial charge is 0.0912 e. The lowest BCUT2D eigenvalue weighted by Gasteiger charge is -2.17. The first-order chi connectivity index (χ1) is 10.7. The fourth-order valence-electron chi connectivity index (χ4n) is 2.85. The van der Waals surface area contributed by atoms with Crippen LogP contribution in [0.4, 0.5) is 0 Å². The van der Waals surface area contributed by atoms with E-state index in [4.69, 9.17) is 0 Å².